The van der Waals surface area contributed by atoms with Gasteiger partial charge in [-0.15, -0.1) is 0 Å². The number of carbonyl (C=O) groups is 1. The topological polar surface area (TPSA) is 68.6 Å². The van der Waals surface area contributed by atoms with Crippen molar-refractivity contribution in [1.29, 1.82) is 0 Å². The molecule has 0 unspecified atom stereocenters. The highest BCUT2D eigenvalue weighted by atomic mass is 16.1. The molecule has 2 aromatic rings. The Balaban J connectivity index is 2.06. The number of hydrogen-bond acceptors (Lipinski definition) is 5. The van der Waals surface area contributed by atoms with Crippen molar-refractivity contribution in [3.8, 4) is 11.5 Å². The third kappa shape index (κ3) is 2.36. The third-order valence-electron chi connectivity index (χ3n) is 3.24. The van der Waals surface area contributed by atoms with Crippen molar-refractivity contribution in [2.75, 3.05) is 0 Å². The predicted octanol–water partition coefficient (Wildman–Crippen LogP) is 2.15. The zero-order chi connectivity index (χ0) is 13.2. The minimum absolute atomic E-state index is 0.151. The molecule has 0 fully saturated rings. The molecular weight excluding hydrogens is 240 g/mol. The molecule has 2 heterocycles. The first-order valence-corrected chi connectivity index (χ1v) is 6.43. The van der Waals surface area contributed by atoms with Gasteiger partial charge < -0.3 is 0 Å². The number of Topliss-reactive ketones (excluding diaryl/α,β-unsaturated/α-hetero) is 1. The van der Waals surface area contributed by atoms with E-state index >= 15 is 0 Å². The molecule has 0 atom stereocenters. The summed E-state index contributed by atoms with van der Waals surface area (Å²) in [4.78, 5) is 29.1. The molecule has 0 N–H and O–H groups in total. The fourth-order valence-corrected chi connectivity index (χ4v) is 2.26. The van der Waals surface area contributed by atoms with E-state index in [1.54, 1.807) is 18.5 Å². The maximum absolute atomic E-state index is 11.9. The number of hydrogen-bond donors (Lipinski definition) is 0. The predicted molar refractivity (Wildman–Crippen MR) is 69.7 cm³/mol. The van der Waals surface area contributed by atoms with Crippen LogP contribution in [0.5, 0.6) is 0 Å². The molecule has 5 heteroatoms. The molecule has 0 radical (unpaired) electrons. The lowest BCUT2D eigenvalue weighted by atomic mass is 10.1. The van der Waals surface area contributed by atoms with Gasteiger partial charge in [-0.1, -0.05) is 0 Å². The smallest absolute Gasteiger partial charge is 0.178 e. The fraction of sp³-hybridized carbons (Fsp3) is 0.357. The van der Waals surface area contributed by atoms with Gasteiger partial charge in [0, 0.05) is 18.8 Å². The van der Waals surface area contributed by atoms with Crippen molar-refractivity contribution in [1.82, 2.24) is 19.9 Å². The summed E-state index contributed by atoms with van der Waals surface area (Å²) in [6, 6.07) is 1.78. The highest BCUT2D eigenvalue weighted by Gasteiger charge is 2.18. The second kappa shape index (κ2) is 4.84. The number of aromatic nitrogens is 4. The maximum Gasteiger partial charge on any atom is 0.178 e. The van der Waals surface area contributed by atoms with Crippen LogP contribution in [0.15, 0.2) is 18.5 Å². The standard InChI is InChI=1S/C14H14N4O/c1-9-15-7-6-12(17-9)14-16-8-10-11(18-14)4-2-3-5-13(10)19/h6-8H,2-5H2,1H3. The Morgan fingerprint density at radius 1 is 1.11 bits per heavy atom. The zero-order valence-corrected chi connectivity index (χ0v) is 10.8. The number of carbonyl (C=O) groups excluding carboxylic acids is 1. The molecule has 0 saturated carbocycles. The van der Waals surface area contributed by atoms with Crippen LogP contribution in [0.3, 0.4) is 0 Å². The van der Waals surface area contributed by atoms with Crippen LogP contribution < -0.4 is 0 Å². The quantitative estimate of drug-likeness (QED) is 0.729. The van der Waals surface area contributed by atoms with Crippen molar-refractivity contribution >= 4 is 5.78 Å². The van der Waals surface area contributed by atoms with Gasteiger partial charge in [0.05, 0.1) is 11.3 Å². The molecule has 0 aliphatic heterocycles. The Morgan fingerprint density at radius 2 is 1.95 bits per heavy atom. The van der Waals surface area contributed by atoms with E-state index in [9.17, 15) is 4.79 Å². The fourth-order valence-electron chi connectivity index (χ4n) is 2.26. The Hall–Kier alpha value is -2.17. The first-order valence-electron chi connectivity index (χ1n) is 6.43. The molecule has 1 aliphatic carbocycles. The third-order valence-corrected chi connectivity index (χ3v) is 3.24. The summed E-state index contributed by atoms with van der Waals surface area (Å²) in [5.74, 6) is 1.41. The van der Waals surface area contributed by atoms with Crippen LogP contribution in [0.4, 0.5) is 0 Å². The van der Waals surface area contributed by atoms with E-state index in [1.807, 2.05) is 6.92 Å². The molecule has 96 valence electrons. The van der Waals surface area contributed by atoms with Crippen molar-refractivity contribution in [3.63, 3.8) is 0 Å². The summed E-state index contributed by atoms with van der Waals surface area (Å²) < 4.78 is 0. The lowest BCUT2D eigenvalue weighted by Gasteiger charge is -2.06. The van der Waals surface area contributed by atoms with E-state index in [2.05, 4.69) is 19.9 Å². The van der Waals surface area contributed by atoms with Gasteiger partial charge in [-0.2, -0.15) is 0 Å². The Kier molecular flexibility index (Phi) is 3.03. The maximum atomic E-state index is 11.9. The number of ketones is 1. The lowest BCUT2D eigenvalue weighted by molar-refractivity contribution is 0.0981. The largest absolute Gasteiger partial charge is 0.294 e. The highest BCUT2D eigenvalue weighted by Crippen LogP contribution is 2.21. The SMILES string of the molecule is Cc1nccc(-c2ncc3c(n2)CCCCC3=O)n1. The van der Waals surface area contributed by atoms with Gasteiger partial charge in [-0.25, -0.2) is 19.9 Å². The molecule has 0 bridgehead atoms. The second-order valence-electron chi connectivity index (χ2n) is 4.67. The number of nitrogens with zero attached hydrogens (tertiary/aromatic N) is 4. The van der Waals surface area contributed by atoms with E-state index in [0.717, 1.165) is 25.0 Å². The van der Waals surface area contributed by atoms with Crippen molar-refractivity contribution in [3.05, 3.63) is 35.5 Å². The van der Waals surface area contributed by atoms with E-state index in [4.69, 9.17) is 0 Å². The van der Waals surface area contributed by atoms with Gasteiger partial charge in [0.15, 0.2) is 11.6 Å². The summed E-state index contributed by atoms with van der Waals surface area (Å²) in [6.07, 6.45) is 6.69. The van der Waals surface area contributed by atoms with Crippen LogP contribution in [0.1, 0.15) is 41.1 Å². The first-order chi connectivity index (χ1) is 9.24. The normalized spacial score (nSPS) is 14.9. The summed E-state index contributed by atoms with van der Waals surface area (Å²) >= 11 is 0. The van der Waals surface area contributed by atoms with Crippen LogP contribution in [0, 0.1) is 6.92 Å². The minimum Gasteiger partial charge on any atom is -0.294 e. The highest BCUT2D eigenvalue weighted by molar-refractivity contribution is 5.97. The molecule has 3 rings (SSSR count). The molecule has 0 saturated heterocycles. The van der Waals surface area contributed by atoms with Gasteiger partial charge in [-0.3, -0.25) is 4.79 Å². The average Bonchev–Trinajstić information content (AvgIpc) is 2.60. The second-order valence-corrected chi connectivity index (χ2v) is 4.67. The van der Waals surface area contributed by atoms with Crippen molar-refractivity contribution < 1.29 is 4.79 Å². The van der Waals surface area contributed by atoms with E-state index < -0.39 is 0 Å². The monoisotopic (exact) mass is 254 g/mol. The molecule has 0 spiro atoms. The van der Waals surface area contributed by atoms with E-state index in [1.165, 1.54) is 0 Å². The number of aryl methyl sites for hydroxylation is 2. The molecule has 0 aromatic carbocycles. The van der Waals surface area contributed by atoms with Crippen LogP contribution >= 0.6 is 0 Å². The van der Waals surface area contributed by atoms with Gasteiger partial charge in [0.2, 0.25) is 0 Å². The molecule has 0 amide bonds. The van der Waals surface area contributed by atoms with E-state index in [0.29, 0.717) is 29.3 Å². The number of rotatable bonds is 1. The number of fused-ring (bicyclic) bond motifs is 1. The lowest BCUT2D eigenvalue weighted by Crippen LogP contribution is -2.06. The Labute approximate surface area is 111 Å². The van der Waals surface area contributed by atoms with Crippen LogP contribution in [0.25, 0.3) is 11.5 Å². The Morgan fingerprint density at radius 3 is 2.79 bits per heavy atom. The van der Waals surface area contributed by atoms with Crippen LogP contribution in [-0.4, -0.2) is 25.7 Å². The molecule has 2 aromatic heterocycles. The Bertz CT molecular complexity index is 639. The minimum atomic E-state index is 0.151. The summed E-state index contributed by atoms with van der Waals surface area (Å²) in [7, 11) is 0. The van der Waals surface area contributed by atoms with Crippen molar-refractivity contribution in [2.45, 2.75) is 32.6 Å². The summed E-state index contributed by atoms with van der Waals surface area (Å²) in [5.41, 5.74) is 2.22. The molecular formula is C14H14N4O. The van der Waals surface area contributed by atoms with Gasteiger partial charge in [0.25, 0.3) is 0 Å². The van der Waals surface area contributed by atoms with E-state index in [-0.39, 0.29) is 5.78 Å². The molecule has 1 aliphatic rings. The van der Waals surface area contributed by atoms with Gasteiger partial charge in [0.1, 0.15) is 11.5 Å². The van der Waals surface area contributed by atoms with Gasteiger partial charge in [-0.05, 0) is 32.3 Å². The zero-order valence-electron chi connectivity index (χ0n) is 10.8. The molecule has 19 heavy (non-hydrogen) atoms. The van der Waals surface area contributed by atoms with Gasteiger partial charge >= 0.3 is 0 Å². The summed E-state index contributed by atoms with van der Waals surface area (Å²) in [6.45, 7) is 1.83. The average molecular weight is 254 g/mol. The van der Waals surface area contributed by atoms with Crippen LogP contribution in [0.2, 0.25) is 0 Å². The molecule has 5 nitrogen and oxygen atoms in total. The van der Waals surface area contributed by atoms with Crippen LogP contribution in [-0.2, 0) is 6.42 Å². The van der Waals surface area contributed by atoms with Crippen molar-refractivity contribution in [2.24, 2.45) is 0 Å². The first kappa shape index (κ1) is 11.9. The summed E-state index contributed by atoms with van der Waals surface area (Å²) in [5, 5.41) is 0.